The van der Waals surface area contributed by atoms with E-state index in [2.05, 4.69) is 281 Å². The Labute approximate surface area is 459 Å². The van der Waals surface area contributed by atoms with Gasteiger partial charge in [0.05, 0.1) is 0 Å². The van der Waals surface area contributed by atoms with Gasteiger partial charge in [-0.1, -0.05) is 0 Å². The van der Waals surface area contributed by atoms with Gasteiger partial charge in [0.15, 0.2) is 0 Å². The average Bonchev–Trinajstić information content (AvgIpc) is 4.42. The SMILES string of the molecule is C1=C(C2Cc3ccccc3-c3ccccc32)CC2=C1C1(C3=C(C=C(n4c5ccccc5c5ccccc54)[I-]3)C23c2ccccc2N(c2ccccc2)c2ccccc23)c2ccccc2N(c2ccccc2)c2ccccc21. The van der Waals surface area contributed by atoms with Crippen LogP contribution in [0.1, 0.15) is 45.7 Å². The van der Waals surface area contributed by atoms with Crippen LogP contribution in [0.4, 0.5) is 34.1 Å². The number of halogens is 1. The molecule has 0 amide bonds. The molecule has 77 heavy (non-hydrogen) atoms. The van der Waals surface area contributed by atoms with Crippen LogP contribution in [-0.2, 0) is 17.3 Å². The summed E-state index contributed by atoms with van der Waals surface area (Å²) in [4.78, 5) is 5.09. The van der Waals surface area contributed by atoms with E-state index in [4.69, 9.17) is 0 Å². The number of fused-ring (bicyclic) bond motifs is 18. The quantitative estimate of drug-likeness (QED) is 0.163. The second kappa shape index (κ2) is 16.4. The number of anilines is 6. The molecule has 1 aromatic heterocycles. The van der Waals surface area contributed by atoms with E-state index in [0.29, 0.717) is 0 Å². The molecule has 6 aliphatic rings. The van der Waals surface area contributed by atoms with Gasteiger partial charge < -0.3 is 0 Å². The Morgan fingerprint density at radius 2 is 0.844 bits per heavy atom. The molecule has 4 heteroatoms. The second-order valence-electron chi connectivity index (χ2n) is 21.4. The summed E-state index contributed by atoms with van der Waals surface area (Å²) in [6, 6.07) is 96.6. The number of rotatable bonds is 4. The Morgan fingerprint density at radius 3 is 1.42 bits per heavy atom. The van der Waals surface area contributed by atoms with Crippen molar-refractivity contribution in [3.05, 3.63) is 326 Å². The molecule has 1 unspecified atom stereocenters. The van der Waals surface area contributed by atoms with Gasteiger partial charge in [0, 0.05) is 0 Å². The molecule has 3 aliphatic heterocycles. The van der Waals surface area contributed by atoms with Crippen molar-refractivity contribution < 1.29 is 21.2 Å². The van der Waals surface area contributed by atoms with E-state index in [1.807, 2.05) is 0 Å². The molecule has 1 atom stereocenters. The summed E-state index contributed by atoms with van der Waals surface area (Å²) >= 11 is -0.898. The number of para-hydroxylation sites is 8. The van der Waals surface area contributed by atoms with Gasteiger partial charge in [0.2, 0.25) is 0 Å². The third-order valence-corrected chi connectivity index (χ3v) is 21.1. The fraction of sp³-hybridized carbons (Fsp3) is 0.0685. The summed E-state index contributed by atoms with van der Waals surface area (Å²) in [6.45, 7) is 0. The van der Waals surface area contributed by atoms with Crippen molar-refractivity contribution in [1.29, 1.82) is 0 Å². The molecule has 364 valence electrons. The Balaban J connectivity index is 1.03. The minimum absolute atomic E-state index is 0.193. The maximum atomic E-state index is 2.78. The minimum atomic E-state index is -0.898. The first-order chi connectivity index (χ1) is 38.2. The summed E-state index contributed by atoms with van der Waals surface area (Å²) in [5.74, 6) is 0.193. The van der Waals surface area contributed by atoms with Crippen molar-refractivity contribution in [3.8, 4) is 11.1 Å². The topological polar surface area (TPSA) is 11.4 Å². The number of benzene rings is 10. The first-order valence-electron chi connectivity index (χ1n) is 27.0. The monoisotopic (exact) mass is 1090 g/mol. The molecule has 11 aromatic rings. The van der Waals surface area contributed by atoms with E-state index in [1.54, 1.807) is 3.58 Å². The zero-order valence-corrected chi connectivity index (χ0v) is 44.3. The van der Waals surface area contributed by atoms with Crippen molar-refractivity contribution in [2.75, 3.05) is 9.80 Å². The molecule has 4 heterocycles. The van der Waals surface area contributed by atoms with Crippen LogP contribution < -0.4 is 31.0 Å². The summed E-state index contributed by atoms with van der Waals surface area (Å²) in [5, 5.41) is 2.59. The molecule has 0 saturated carbocycles. The number of aromatic nitrogens is 1. The van der Waals surface area contributed by atoms with Gasteiger partial charge >= 0.3 is 462 Å². The second-order valence-corrected chi connectivity index (χ2v) is 24.1. The van der Waals surface area contributed by atoms with Gasteiger partial charge in [-0.2, -0.15) is 0 Å². The predicted octanol–water partition coefficient (Wildman–Crippen LogP) is 15.1. The Bertz CT molecular complexity index is 4310. The van der Waals surface area contributed by atoms with Crippen molar-refractivity contribution in [1.82, 2.24) is 4.57 Å². The van der Waals surface area contributed by atoms with Crippen molar-refractivity contribution in [2.24, 2.45) is 0 Å². The third-order valence-electron chi connectivity index (χ3n) is 17.9. The van der Waals surface area contributed by atoms with Gasteiger partial charge in [0.1, 0.15) is 0 Å². The van der Waals surface area contributed by atoms with E-state index in [9.17, 15) is 0 Å². The summed E-state index contributed by atoms with van der Waals surface area (Å²) in [5.41, 5.74) is 25.4. The normalized spacial score (nSPS) is 17.9. The van der Waals surface area contributed by atoms with Gasteiger partial charge in [-0.3, -0.25) is 0 Å². The van der Waals surface area contributed by atoms with Gasteiger partial charge in [-0.05, 0) is 0 Å². The van der Waals surface area contributed by atoms with Crippen molar-refractivity contribution in [2.45, 2.75) is 29.6 Å². The molecule has 0 fully saturated rings. The predicted molar refractivity (Wildman–Crippen MR) is 313 cm³/mol. The van der Waals surface area contributed by atoms with Crippen LogP contribution in [-0.4, -0.2) is 4.57 Å². The molecule has 0 radical (unpaired) electrons. The van der Waals surface area contributed by atoms with Crippen molar-refractivity contribution in [3.63, 3.8) is 0 Å². The first-order valence-corrected chi connectivity index (χ1v) is 29.2. The molecule has 2 spiro atoms. The van der Waals surface area contributed by atoms with Gasteiger partial charge in [-0.15, -0.1) is 0 Å². The van der Waals surface area contributed by atoms with Crippen LogP contribution in [0.5, 0.6) is 0 Å². The molecule has 10 aromatic carbocycles. The average molecular weight is 1100 g/mol. The van der Waals surface area contributed by atoms with E-state index < -0.39 is 32.0 Å². The van der Waals surface area contributed by atoms with Crippen LogP contribution in [0.2, 0.25) is 0 Å². The number of hydrogen-bond acceptors (Lipinski definition) is 2. The maximum absolute atomic E-state index is 2.78. The number of allylic oxidation sites excluding steroid dienone is 7. The fourth-order valence-electron chi connectivity index (χ4n) is 15.0. The molecular formula is C73H49IN3-. The van der Waals surface area contributed by atoms with Crippen LogP contribution in [0.3, 0.4) is 0 Å². The molecule has 3 aliphatic carbocycles. The molecular weight excluding hydrogens is 1050 g/mol. The van der Waals surface area contributed by atoms with Gasteiger partial charge in [0.25, 0.3) is 0 Å². The molecule has 0 N–H and O–H groups in total. The number of hydrogen-bond donors (Lipinski definition) is 0. The zero-order chi connectivity index (χ0) is 50.4. The molecule has 3 nitrogen and oxygen atoms in total. The zero-order valence-electron chi connectivity index (χ0n) is 42.1. The molecule has 0 saturated heterocycles. The van der Waals surface area contributed by atoms with Gasteiger partial charge in [-0.25, -0.2) is 0 Å². The van der Waals surface area contributed by atoms with E-state index in [0.717, 1.165) is 18.5 Å². The van der Waals surface area contributed by atoms with E-state index in [-0.39, 0.29) is 5.92 Å². The fourth-order valence-corrected chi connectivity index (χ4v) is 18.9. The summed E-state index contributed by atoms with van der Waals surface area (Å²) in [7, 11) is 0. The van der Waals surface area contributed by atoms with Crippen LogP contribution in [0, 0.1) is 0 Å². The Morgan fingerprint density at radius 1 is 0.390 bits per heavy atom. The first kappa shape index (κ1) is 43.5. The van der Waals surface area contributed by atoms with E-state index >= 15 is 0 Å². The standard InChI is InChI=1S/C73H49IN3/c1-3-24-49(25-4-1)75-66-39-19-13-33-57(66)72(58-34-14-20-40-67(58)75)61-44-48(56-43-47-23-7-8-28-51(47)52-29-9-10-30-53(52)56)45-62(61)73(59-35-15-21-41-68(59)76(50-26-5-2-6-27-50)69-42-22-16-36-60(69)73)71-63(72)46-70(74-71)77-64-37-17-11-31-54(64)55-32-12-18-38-65(55)77/h1-42,45-46,56H,43-44H2/q-1. The third kappa shape index (κ3) is 5.75. The van der Waals surface area contributed by atoms with Crippen LogP contribution in [0.25, 0.3) is 36.6 Å². The van der Waals surface area contributed by atoms with E-state index in [1.165, 1.54) is 121 Å². The summed E-state index contributed by atoms with van der Waals surface area (Å²) < 4.78 is 5.63. The number of nitrogens with zero attached hydrogens (tertiary/aromatic N) is 3. The molecule has 0 bridgehead atoms. The molecule has 17 rings (SSSR count). The van der Waals surface area contributed by atoms with Crippen LogP contribution >= 0.6 is 0 Å². The van der Waals surface area contributed by atoms with Crippen LogP contribution in [0.15, 0.2) is 293 Å². The Hall–Kier alpha value is -8.71. The summed E-state index contributed by atoms with van der Waals surface area (Å²) in [6.07, 6.45) is 7.31. The Kier molecular flexibility index (Phi) is 9.27. The van der Waals surface area contributed by atoms with Crippen molar-refractivity contribution >= 4 is 59.6 Å².